The second kappa shape index (κ2) is 6.49. The third-order valence-corrected chi connectivity index (χ3v) is 3.98. The van der Waals surface area contributed by atoms with Crippen molar-refractivity contribution in [1.82, 2.24) is 5.43 Å². The molecule has 0 atom stereocenters. The number of hydrazine groups is 1. The second-order valence-electron chi connectivity index (χ2n) is 4.21. The highest BCUT2D eigenvalue weighted by molar-refractivity contribution is 7.12. The first-order valence-electron chi connectivity index (χ1n) is 6.24. The molecule has 0 unspecified atom stereocenters. The van der Waals surface area contributed by atoms with Gasteiger partial charge in [0.1, 0.15) is 5.82 Å². The van der Waals surface area contributed by atoms with Gasteiger partial charge in [-0.2, -0.15) is 0 Å². The Morgan fingerprint density at radius 2 is 2.15 bits per heavy atom. The van der Waals surface area contributed by atoms with Crippen LogP contribution in [0.3, 0.4) is 0 Å². The average Bonchev–Trinajstić information content (AvgIpc) is 2.93. The summed E-state index contributed by atoms with van der Waals surface area (Å²) < 4.78 is 13.8. The van der Waals surface area contributed by atoms with E-state index in [9.17, 15) is 9.18 Å². The molecule has 1 amide bonds. The Morgan fingerprint density at radius 3 is 2.80 bits per heavy atom. The van der Waals surface area contributed by atoms with Crippen LogP contribution in [0, 0.1) is 5.82 Å². The largest absolute Gasteiger partial charge is 0.365 e. The molecule has 2 rings (SSSR count). The third kappa shape index (κ3) is 2.97. The van der Waals surface area contributed by atoms with E-state index in [0.29, 0.717) is 23.7 Å². The van der Waals surface area contributed by atoms with Crippen molar-refractivity contribution in [2.24, 2.45) is 5.84 Å². The number of thiophene rings is 1. The normalized spacial score (nSPS) is 10.3. The summed E-state index contributed by atoms with van der Waals surface area (Å²) in [5.74, 6) is 4.58. The van der Waals surface area contributed by atoms with Crippen LogP contribution >= 0.6 is 11.3 Å². The van der Waals surface area contributed by atoms with E-state index in [1.165, 1.54) is 17.4 Å². The summed E-state index contributed by atoms with van der Waals surface area (Å²) in [4.78, 5) is 14.1. The van der Waals surface area contributed by atoms with Crippen LogP contribution in [-0.2, 0) is 6.54 Å². The number of halogens is 1. The molecule has 1 aromatic heterocycles. The molecule has 20 heavy (non-hydrogen) atoms. The number of anilines is 1. The molecular formula is C14H16FN3OS. The summed E-state index contributed by atoms with van der Waals surface area (Å²) in [6.07, 6.45) is 0. The smallest absolute Gasteiger partial charge is 0.275 e. The van der Waals surface area contributed by atoms with Crippen molar-refractivity contribution in [3.63, 3.8) is 0 Å². The van der Waals surface area contributed by atoms with Gasteiger partial charge in [0.2, 0.25) is 0 Å². The van der Waals surface area contributed by atoms with Crippen molar-refractivity contribution < 1.29 is 9.18 Å². The quantitative estimate of drug-likeness (QED) is 0.506. The average molecular weight is 293 g/mol. The topological polar surface area (TPSA) is 58.4 Å². The molecule has 0 bridgehead atoms. The van der Waals surface area contributed by atoms with Gasteiger partial charge in [0.05, 0.1) is 10.6 Å². The van der Waals surface area contributed by atoms with Crippen LogP contribution in [0.15, 0.2) is 35.7 Å². The van der Waals surface area contributed by atoms with Gasteiger partial charge < -0.3 is 4.90 Å². The minimum Gasteiger partial charge on any atom is -0.365 e. The van der Waals surface area contributed by atoms with Crippen LogP contribution in [-0.4, -0.2) is 12.5 Å². The number of nitrogens with zero attached hydrogens (tertiary/aromatic N) is 1. The number of rotatable bonds is 5. The lowest BCUT2D eigenvalue weighted by Gasteiger charge is -2.23. The molecule has 0 aliphatic carbocycles. The van der Waals surface area contributed by atoms with E-state index in [4.69, 9.17) is 5.84 Å². The Labute approximate surface area is 121 Å². The summed E-state index contributed by atoms with van der Waals surface area (Å²) in [5, 5.41) is 1.83. The Bertz CT molecular complexity index is 600. The Morgan fingerprint density at radius 1 is 1.40 bits per heavy atom. The number of amides is 1. The van der Waals surface area contributed by atoms with Gasteiger partial charge in [0.15, 0.2) is 0 Å². The first-order valence-corrected chi connectivity index (χ1v) is 7.12. The first kappa shape index (κ1) is 14.5. The maximum Gasteiger partial charge on any atom is 0.275 e. The number of hydrogen-bond acceptors (Lipinski definition) is 4. The van der Waals surface area contributed by atoms with Gasteiger partial charge in [-0.3, -0.25) is 10.2 Å². The molecule has 0 spiro atoms. The van der Waals surface area contributed by atoms with Gasteiger partial charge in [-0.15, -0.1) is 11.3 Å². The zero-order valence-electron chi connectivity index (χ0n) is 11.1. The van der Waals surface area contributed by atoms with E-state index in [2.05, 4.69) is 5.43 Å². The number of nitrogen functional groups attached to an aromatic ring is 1. The highest BCUT2D eigenvalue weighted by Crippen LogP contribution is 2.24. The minimum absolute atomic E-state index is 0.269. The van der Waals surface area contributed by atoms with Crippen molar-refractivity contribution in [3.8, 4) is 0 Å². The number of benzene rings is 1. The Balaban J connectivity index is 2.26. The first-order chi connectivity index (χ1) is 9.67. The van der Waals surface area contributed by atoms with Crippen molar-refractivity contribution in [3.05, 3.63) is 52.0 Å². The second-order valence-corrected chi connectivity index (χ2v) is 5.13. The molecule has 0 radical (unpaired) electrons. The predicted octanol–water partition coefficient (Wildman–Crippen LogP) is 2.52. The van der Waals surface area contributed by atoms with Crippen molar-refractivity contribution in [2.45, 2.75) is 13.5 Å². The van der Waals surface area contributed by atoms with Crippen LogP contribution in [0.4, 0.5) is 10.1 Å². The lowest BCUT2D eigenvalue weighted by Crippen LogP contribution is -2.31. The maximum atomic E-state index is 13.8. The van der Waals surface area contributed by atoms with E-state index in [1.807, 2.05) is 23.3 Å². The highest BCUT2D eigenvalue weighted by atomic mass is 32.1. The van der Waals surface area contributed by atoms with Gasteiger partial charge in [0, 0.05) is 13.1 Å². The summed E-state index contributed by atoms with van der Waals surface area (Å²) in [6.45, 7) is 3.05. The minimum atomic E-state index is -0.320. The molecular weight excluding hydrogens is 277 g/mol. The molecule has 6 heteroatoms. The maximum absolute atomic E-state index is 13.8. The summed E-state index contributed by atoms with van der Waals surface area (Å²) in [5.41, 5.74) is 3.49. The summed E-state index contributed by atoms with van der Waals surface area (Å²) >= 11 is 1.32. The number of carbonyl (C=O) groups is 1. The van der Waals surface area contributed by atoms with Crippen molar-refractivity contribution >= 4 is 22.9 Å². The summed E-state index contributed by atoms with van der Waals surface area (Å²) in [7, 11) is 0. The number of hydrogen-bond donors (Lipinski definition) is 2. The Kier molecular flexibility index (Phi) is 4.70. The molecule has 0 aliphatic rings. The fraction of sp³-hybridized carbons (Fsp3) is 0.214. The molecule has 1 aromatic carbocycles. The van der Waals surface area contributed by atoms with E-state index in [1.54, 1.807) is 18.2 Å². The predicted molar refractivity (Wildman–Crippen MR) is 79.1 cm³/mol. The SMILES string of the molecule is CCN(Cc1ccsc1C(=O)NN)c1ccccc1F. The van der Waals surface area contributed by atoms with Gasteiger partial charge in [0.25, 0.3) is 5.91 Å². The molecule has 3 N–H and O–H groups in total. The molecule has 0 saturated carbocycles. The monoisotopic (exact) mass is 293 g/mol. The van der Waals surface area contributed by atoms with Gasteiger partial charge in [-0.05, 0) is 36.1 Å². The van der Waals surface area contributed by atoms with Crippen LogP contribution in [0.2, 0.25) is 0 Å². The van der Waals surface area contributed by atoms with Gasteiger partial charge >= 0.3 is 0 Å². The van der Waals surface area contributed by atoms with E-state index >= 15 is 0 Å². The fourth-order valence-corrected chi connectivity index (χ4v) is 2.82. The molecule has 106 valence electrons. The van der Waals surface area contributed by atoms with Crippen LogP contribution in [0.1, 0.15) is 22.2 Å². The standard InChI is InChI=1S/C14H16FN3OS/c1-2-18(12-6-4-3-5-11(12)15)9-10-7-8-20-13(10)14(19)17-16/h3-8H,2,9,16H2,1H3,(H,17,19). The zero-order valence-corrected chi connectivity index (χ0v) is 11.9. The molecule has 1 heterocycles. The van der Waals surface area contributed by atoms with Crippen LogP contribution in [0.25, 0.3) is 0 Å². The van der Waals surface area contributed by atoms with Crippen LogP contribution in [0.5, 0.6) is 0 Å². The van der Waals surface area contributed by atoms with Gasteiger partial charge in [-0.1, -0.05) is 12.1 Å². The lowest BCUT2D eigenvalue weighted by atomic mass is 10.2. The molecule has 2 aromatic rings. The number of nitrogens with one attached hydrogen (secondary N) is 1. The van der Waals surface area contributed by atoms with E-state index in [-0.39, 0.29) is 11.7 Å². The number of nitrogens with two attached hydrogens (primary N) is 1. The van der Waals surface area contributed by atoms with Crippen molar-refractivity contribution in [2.75, 3.05) is 11.4 Å². The fourth-order valence-electron chi connectivity index (χ4n) is 2.01. The molecule has 4 nitrogen and oxygen atoms in total. The number of carbonyl (C=O) groups excluding carboxylic acids is 1. The molecule has 0 saturated heterocycles. The van der Waals surface area contributed by atoms with Crippen LogP contribution < -0.4 is 16.2 Å². The Hall–Kier alpha value is -1.92. The van der Waals surface area contributed by atoms with E-state index in [0.717, 1.165) is 5.56 Å². The highest BCUT2D eigenvalue weighted by Gasteiger charge is 2.16. The van der Waals surface area contributed by atoms with Gasteiger partial charge in [-0.25, -0.2) is 10.2 Å². The third-order valence-electron chi connectivity index (χ3n) is 3.02. The lowest BCUT2D eigenvalue weighted by molar-refractivity contribution is 0.0957. The number of para-hydroxylation sites is 1. The molecule has 0 fully saturated rings. The van der Waals surface area contributed by atoms with E-state index < -0.39 is 0 Å². The summed E-state index contributed by atoms with van der Waals surface area (Å²) in [6, 6.07) is 8.47. The zero-order chi connectivity index (χ0) is 14.5. The molecule has 0 aliphatic heterocycles. The van der Waals surface area contributed by atoms with Crippen molar-refractivity contribution in [1.29, 1.82) is 0 Å².